The summed E-state index contributed by atoms with van der Waals surface area (Å²) in [5.74, 6) is 4.75. The summed E-state index contributed by atoms with van der Waals surface area (Å²) >= 11 is 0. The van der Waals surface area contributed by atoms with Crippen molar-refractivity contribution < 1.29 is 9.47 Å². The number of likely N-dealkylation sites (tertiary alicyclic amines) is 1. The zero-order chi connectivity index (χ0) is 21.6. The van der Waals surface area contributed by atoms with E-state index in [1.807, 2.05) is 24.4 Å². The number of aromatic nitrogens is 1. The Morgan fingerprint density at radius 3 is 2.71 bits per heavy atom. The van der Waals surface area contributed by atoms with Crippen LogP contribution < -0.4 is 20.1 Å². The smallest absolute Gasteiger partial charge is 0.123 e. The number of ether oxygens (including phenoxy) is 2. The molecular formula is C24H31N5O2. The Morgan fingerprint density at radius 2 is 1.97 bits per heavy atom. The topological polar surface area (TPSA) is 64.8 Å². The second-order valence-corrected chi connectivity index (χ2v) is 7.85. The van der Waals surface area contributed by atoms with Crippen molar-refractivity contribution in [3.05, 3.63) is 54.0 Å². The Balaban J connectivity index is 1.57. The zero-order valence-corrected chi connectivity index (χ0v) is 18.4. The van der Waals surface area contributed by atoms with Crippen molar-refractivity contribution in [3.63, 3.8) is 0 Å². The fraction of sp³-hybridized carbons (Fsp3) is 0.417. The molecule has 1 aromatic heterocycles. The van der Waals surface area contributed by atoms with E-state index in [-0.39, 0.29) is 6.17 Å². The Hall–Kier alpha value is -3.24. The highest BCUT2D eigenvalue weighted by Gasteiger charge is 2.30. The molecule has 0 radical (unpaired) electrons. The van der Waals surface area contributed by atoms with E-state index in [2.05, 4.69) is 62.8 Å². The van der Waals surface area contributed by atoms with Gasteiger partial charge in [0.25, 0.3) is 0 Å². The van der Waals surface area contributed by atoms with Crippen LogP contribution in [0.2, 0.25) is 0 Å². The van der Waals surface area contributed by atoms with Crippen LogP contribution in [-0.4, -0.2) is 54.8 Å². The first-order valence-corrected chi connectivity index (χ1v) is 10.7. The van der Waals surface area contributed by atoms with E-state index in [4.69, 9.17) is 9.47 Å². The number of benzene rings is 1. The molecule has 1 aromatic carbocycles. The van der Waals surface area contributed by atoms with E-state index in [0.717, 1.165) is 42.3 Å². The Morgan fingerprint density at radius 1 is 1.16 bits per heavy atom. The van der Waals surface area contributed by atoms with Gasteiger partial charge >= 0.3 is 0 Å². The van der Waals surface area contributed by atoms with Gasteiger partial charge in [0.1, 0.15) is 17.7 Å². The Bertz CT molecular complexity index is 952. The highest BCUT2D eigenvalue weighted by molar-refractivity contribution is 5.53. The summed E-state index contributed by atoms with van der Waals surface area (Å²) in [6.45, 7) is 4.83. The molecule has 0 aliphatic carbocycles. The van der Waals surface area contributed by atoms with E-state index in [9.17, 15) is 0 Å². The van der Waals surface area contributed by atoms with Crippen LogP contribution in [0.25, 0.3) is 0 Å². The molecule has 7 nitrogen and oxygen atoms in total. The summed E-state index contributed by atoms with van der Waals surface area (Å²) in [6, 6.07) is 9.45. The molecule has 164 valence electrons. The maximum absolute atomic E-state index is 5.38. The molecule has 0 saturated carbocycles. The van der Waals surface area contributed by atoms with E-state index >= 15 is 0 Å². The third kappa shape index (κ3) is 4.92. The lowest BCUT2D eigenvalue weighted by molar-refractivity contribution is 0.181. The lowest BCUT2D eigenvalue weighted by Gasteiger charge is -2.39. The first-order chi connectivity index (χ1) is 15.2. The predicted molar refractivity (Wildman–Crippen MR) is 123 cm³/mol. The maximum Gasteiger partial charge on any atom is 0.123 e. The molecule has 1 saturated heterocycles. The van der Waals surface area contributed by atoms with E-state index in [0.29, 0.717) is 12.7 Å². The number of hydrogen-bond donors (Lipinski definition) is 3. The van der Waals surface area contributed by atoms with Gasteiger partial charge in [-0.25, -0.2) is 0 Å². The molecule has 4 rings (SSSR count). The van der Waals surface area contributed by atoms with Gasteiger partial charge in [0.15, 0.2) is 0 Å². The standard InChI is InChI=1S/C24H31N5O2/c1-4-8-28-9-5-6-19(16-28)27-24-22-14-25-15-23(22)26-17-29(24)10-7-18-11-20(30-2)13-21(12-18)31-3/h4,8,11-15,19,24-27H,5-6,9,16-17H2,1-3H3/t19?,24-/m0/s1. The summed E-state index contributed by atoms with van der Waals surface area (Å²) in [5, 5.41) is 7.31. The summed E-state index contributed by atoms with van der Waals surface area (Å²) < 4.78 is 10.8. The summed E-state index contributed by atoms with van der Waals surface area (Å²) in [5.41, 5.74) is 3.17. The number of fused-ring (bicyclic) bond motifs is 1. The monoisotopic (exact) mass is 421 g/mol. The lowest BCUT2D eigenvalue weighted by atomic mass is 10.0. The predicted octanol–water partition coefficient (Wildman–Crippen LogP) is 3.31. The number of aromatic amines is 1. The largest absolute Gasteiger partial charge is 0.497 e. The second-order valence-electron chi connectivity index (χ2n) is 7.85. The van der Waals surface area contributed by atoms with Crippen molar-refractivity contribution in [1.29, 1.82) is 0 Å². The normalized spacial score (nSPS) is 20.6. The first kappa shape index (κ1) is 21.0. The van der Waals surface area contributed by atoms with Crippen molar-refractivity contribution >= 4 is 5.69 Å². The number of piperidine rings is 1. The van der Waals surface area contributed by atoms with Crippen LogP contribution in [0, 0.1) is 12.0 Å². The number of H-pyrrole nitrogens is 1. The molecule has 1 fully saturated rings. The SMILES string of the molecule is CC=CN1CCCC(N[C@@H]2c3c[nH]cc3NCN2C#Cc2cc(OC)cc(OC)c2)C1. The number of hydrogen-bond acceptors (Lipinski definition) is 6. The Labute approximate surface area is 184 Å². The van der Waals surface area contributed by atoms with Gasteiger partial charge in [-0.2, -0.15) is 0 Å². The van der Waals surface area contributed by atoms with Gasteiger partial charge < -0.3 is 24.7 Å². The number of anilines is 1. The van der Waals surface area contributed by atoms with Crippen LogP contribution in [0.5, 0.6) is 11.5 Å². The average molecular weight is 422 g/mol. The Kier molecular flexibility index (Phi) is 6.58. The average Bonchev–Trinajstić information content (AvgIpc) is 3.28. The molecule has 0 spiro atoms. The second kappa shape index (κ2) is 9.71. The van der Waals surface area contributed by atoms with Crippen molar-refractivity contribution in [3.8, 4) is 23.5 Å². The lowest BCUT2D eigenvalue weighted by Crippen LogP contribution is -2.50. The molecular weight excluding hydrogens is 390 g/mol. The number of nitrogens with zero attached hydrogens (tertiary/aromatic N) is 2. The third-order valence-corrected chi connectivity index (χ3v) is 5.73. The molecule has 2 aromatic rings. The highest BCUT2D eigenvalue weighted by Crippen LogP contribution is 2.31. The maximum atomic E-state index is 5.38. The minimum absolute atomic E-state index is 0.0121. The quantitative estimate of drug-likeness (QED) is 0.644. The zero-order valence-electron chi connectivity index (χ0n) is 18.4. The number of methoxy groups -OCH3 is 2. The van der Waals surface area contributed by atoms with E-state index in [1.165, 1.54) is 12.0 Å². The van der Waals surface area contributed by atoms with Gasteiger partial charge in [-0.1, -0.05) is 6.08 Å². The fourth-order valence-corrected chi connectivity index (χ4v) is 4.20. The minimum atomic E-state index is 0.0121. The van der Waals surface area contributed by atoms with Crippen molar-refractivity contribution in [2.45, 2.75) is 32.0 Å². The number of allylic oxidation sites excluding steroid dienone is 1. The summed E-state index contributed by atoms with van der Waals surface area (Å²) in [6.07, 6.45) is 10.7. The van der Waals surface area contributed by atoms with Gasteiger partial charge in [0.05, 0.1) is 26.6 Å². The molecule has 1 unspecified atom stereocenters. The van der Waals surface area contributed by atoms with E-state index < -0.39 is 0 Å². The molecule has 2 aliphatic rings. The van der Waals surface area contributed by atoms with Crippen molar-refractivity contribution in [2.24, 2.45) is 0 Å². The first-order valence-electron chi connectivity index (χ1n) is 10.7. The van der Waals surface area contributed by atoms with Gasteiger partial charge in [-0.15, -0.1) is 0 Å². The molecule has 2 atom stereocenters. The van der Waals surface area contributed by atoms with Crippen LogP contribution in [0.4, 0.5) is 5.69 Å². The van der Waals surface area contributed by atoms with Crippen LogP contribution in [0.3, 0.4) is 0 Å². The third-order valence-electron chi connectivity index (χ3n) is 5.73. The molecule has 2 aliphatic heterocycles. The van der Waals surface area contributed by atoms with Crippen molar-refractivity contribution in [1.82, 2.24) is 20.1 Å². The van der Waals surface area contributed by atoms with Gasteiger partial charge in [-0.05, 0) is 44.0 Å². The molecule has 0 amide bonds. The summed E-state index contributed by atoms with van der Waals surface area (Å²) in [4.78, 5) is 7.74. The van der Waals surface area contributed by atoms with Gasteiger partial charge in [-0.3, -0.25) is 10.2 Å². The number of rotatable bonds is 5. The van der Waals surface area contributed by atoms with E-state index in [1.54, 1.807) is 14.2 Å². The van der Waals surface area contributed by atoms with Crippen LogP contribution in [-0.2, 0) is 0 Å². The molecule has 0 bridgehead atoms. The van der Waals surface area contributed by atoms with Crippen LogP contribution in [0.1, 0.15) is 37.1 Å². The molecule has 31 heavy (non-hydrogen) atoms. The van der Waals surface area contributed by atoms with Gasteiger partial charge in [0.2, 0.25) is 0 Å². The highest BCUT2D eigenvalue weighted by atomic mass is 16.5. The summed E-state index contributed by atoms with van der Waals surface area (Å²) in [7, 11) is 3.30. The minimum Gasteiger partial charge on any atom is -0.497 e. The fourth-order valence-electron chi connectivity index (χ4n) is 4.20. The van der Waals surface area contributed by atoms with Crippen LogP contribution >= 0.6 is 0 Å². The molecule has 3 N–H and O–H groups in total. The molecule has 3 heterocycles. The number of nitrogens with one attached hydrogen (secondary N) is 3. The van der Waals surface area contributed by atoms with Gasteiger partial charge in [0, 0.05) is 54.8 Å². The van der Waals surface area contributed by atoms with Crippen LogP contribution in [0.15, 0.2) is 42.9 Å². The molecule has 7 heteroatoms. The van der Waals surface area contributed by atoms with Crippen molar-refractivity contribution in [2.75, 3.05) is 39.3 Å².